The Labute approximate surface area is 120 Å². The molecular weight excluding hydrogens is 250 g/mol. The molecule has 0 aliphatic carbocycles. The van der Waals surface area contributed by atoms with E-state index < -0.39 is 0 Å². The maximum absolute atomic E-state index is 12.3. The molecule has 4 nitrogen and oxygen atoms in total. The number of carbonyl (C=O) groups is 1. The lowest BCUT2D eigenvalue weighted by molar-refractivity contribution is -0.137. The van der Waals surface area contributed by atoms with Gasteiger partial charge in [-0.2, -0.15) is 0 Å². The zero-order chi connectivity index (χ0) is 13.9. The number of hydrogen-bond donors (Lipinski definition) is 0. The molecule has 20 heavy (non-hydrogen) atoms. The van der Waals surface area contributed by atoms with Gasteiger partial charge in [0.25, 0.3) is 0 Å². The van der Waals surface area contributed by atoms with Crippen molar-refractivity contribution in [2.24, 2.45) is 0 Å². The molecule has 0 spiro atoms. The molecule has 2 fully saturated rings. The van der Waals surface area contributed by atoms with Crippen molar-refractivity contribution in [1.82, 2.24) is 14.8 Å². The van der Waals surface area contributed by atoms with Crippen LogP contribution in [0.3, 0.4) is 0 Å². The highest BCUT2D eigenvalue weighted by Crippen LogP contribution is 2.28. The van der Waals surface area contributed by atoms with Gasteiger partial charge in [0, 0.05) is 43.9 Å². The maximum atomic E-state index is 12.3. The van der Waals surface area contributed by atoms with E-state index >= 15 is 0 Å². The fraction of sp³-hybridized carbons (Fsp3) is 0.625. The van der Waals surface area contributed by atoms with Gasteiger partial charge in [-0.05, 0) is 44.1 Å². The minimum Gasteiger partial charge on any atom is -0.341 e. The van der Waals surface area contributed by atoms with Gasteiger partial charge in [0.05, 0.1) is 0 Å². The van der Waals surface area contributed by atoms with Crippen LogP contribution in [0.5, 0.6) is 0 Å². The van der Waals surface area contributed by atoms with E-state index in [0.29, 0.717) is 24.3 Å². The number of piperidine rings is 1. The molecule has 108 valence electrons. The van der Waals surface area contributed by atoms with Gasteiger partial charge in [0.2, 0.25) is 5.91 Å². The number of hydrogen-bond acceptors (Lipinski definition) is 3. The molecule has 0 aromatic carbocycles. The van der Waals surface area contributed by atoms with Crippen LogP contribution in [-0.2, 0) is 4.79 Å². The summed E-state index contributed by atoms with van der Waals surface area (Å²) in [6.45, 7) is 2.89. The molecule has 0 saturated carbocycles. The van der Waals surface area contributed by atoms with Crippen molar-refractivity contribution >= 4 is 5.91 Å². The van der Waals surface area contributed by atoms with Gasteiger partial charge in [-0.3, -0.25) is 9.78 Å². The van der Waals surface area contributed by atoms with E-state index in [2.05, 4.69) is 29.1 Å². The van der Waals surface area contributed by atoms with Crippen molar-refractivity contribution in [1.29, 1.82) is 0 Å². The smallest absolute Gasteiger partial charge is 0.224 e. The molecule has 3 heterocycles. The Kier molecular flexibility index (Phi) is 4.01. The number of nitrogens with zero attached hydrogens (tertiary/aromatic N) is 3. The standard InChI is InChI=1S/C16H23N3O/c1-18-9-3-2-4-15(18)10-16(20)19-11-14(12-19)13-5-7-17-8-6-13/h5-8,14-15H,2-4,9-12H2,1H3. The molecule has 0 N–H and O–H groups in total. The minimum atomic E-state index is 0.328. The number of likely N-dealkylation sites (tertiary alicyclic amines) is 2. The first-order valence-electron chi connectivity index (χ1n) is 7.62. The minimum absolute atomic E-state index is 0.328. The summed E-state index contributed by atoms with van der Waals surface area (Å²) in [7, 11) is 2.15. The van der Waals surface area contributed by atoms with E-state index in [0.717, 1.165) is 19.6 Å². The van der Waals surface area contributed by atoms with Gasteiger partial charge in [-0.25, -0.2) is 0 Å². The molecule has 0 radical (unpaired) electrons. The molecule has 3 rings (SSSR count). The van der Waals surface area contributed by atoms with Crippen LogP contribution in [-0.4, -0.2) is 53.4 Å². The zero-order valence-corrected chi connectivity index (χ0v) is 12.2. The third kappa shape index (κ3) is 2.85. The monoisotopic (exact) mass is 273 g/mol. The Balaban J connectivity index is 1.48. The van der Waals surface area contributed by atoms with E-state index in [1.54, 1.807) is 0 Å². The second kappa shape index (κ2) is 5.92. The Morgan fingerprint density at radius 3 is 2.75 bits per heavy atom. The quantitative estimate of drug-likeness (QED) is 0.843. The molecule has 1 aromatic heterocycles. The summed E-state index contributed by atoms with van der Waals surface area (Å²) in [6, 6.07) is 4.57. The lowest BCUT2D eigenvalue weighted by Crippen LogP contribution is -2.50. The highest BCUT2D eigenvalue weighted by molar-refractivity contribution is 5.78. The first-order chi connectivity index (χ1) is 9.74. The summed E-state index contributed by atoms with van der Waals surface area (Å²) in [5.74, 6) is 0.833. The highest BCUT2D eigenvalue weighted by atomic mass is 16.2. The Morgan fingerprint density at radius 1 is 1.30 bits per heavy atom. The second-order valence-electron chi connectivity index (χ2n) is 6.11. The van der Waals surface area contributed by atoms with Crippen LogP contribution in [0.1, 0.15) is 37.2 Å². The van der Waals surface area contributed by atoms with Crippen molar-refractivity contribution in [3.05, 3.63) is 30.1 Å². The lowest BCUT2D eigenvalue weighted by atomic mass is 9.91. The summed E-state index contributed by atoms with van der Waals surface area (Å²) in [5, 5.41) is 0. The molecule has 2 saturated heterocycles. The zero-order valence-electron chi connectivity index (χ0n) is 12.2. The summed E-state index contributed by atoms with van der Waals surface area (Å²) >= 11 is 0. The average Bonchev–Trinajstić information content (AvgIpc) is 2.41. The van der Waals surface area contributed by atoms with Crippen molar-refractivity contribution in [2.75, 3.05) is 26.7 Å². The van der Waals surface area contributed by atoms with Crippen LogP contribution < -0.4 is 0 Å². The van der Waals surface area contributed by atoms with Crippen LogP contribution in [0.4, 0.5) is 0 Å². The number of pyridine rings is 1. The van der Waals surface area contributed by atoms with Crippen LogP contribution in [0.25, 0.3) is 0 Å². The lowest BCUT2D eigenvalue weighted by Gasteiger charge is -2.41. The molecule has 1 aromatic rings. The van der Waals surface area contributed by atoms with Crippen molar-refractivity contribution in [2.45, 2.75) is 37.6 Å². The summed E-state index contributed by atoms with van der Waals surface area (Å²) < 4.78 is 0. The fourth-order valence-corrected chi connectivity index (χ4v) is 3.26. The van der Waals surface area contributed by atoms with Crippen molar-refractivity contribution < 1.29 is 4.79 Å². The van der Waals surface area contributed by atoms with Crippen molar-refractivity contribution in [3.63, 3.8) is 0 Å². The van der Waals surface area contributed by atoms with E-state index in [4.69, 9.17) is 0 Å². The van der Waals surface area contributed by atoms with Gasteiger partial charge in [0.1, 0.15) is 0 Å². The van der Waals surface area contributed by atoms with E-state index in [1.807, 2.05) is 17.3 Å². The van der Waals surface area contributed by atoms with Crippen LogP contribution in [0.15, 0.2) is 24.5 Å². The molecule has 4 heteroatoms. The second-order valence-corrected chi connectivity index (χ2v) is 6.11. The predicted octanol–water partition coefficient (Wildman–Crippen LogP) is 1.88. The molecule has 0 bridgehead atoms. The maximum Gasteiger partial charge on any atom is 0.224 e. The number of aromatic nitrogens is 1. The SMILES string of the molecule is CN1CCCCC1CC(=O)N1CC(c2ccncc2)C1. The third-order valence-corrected chi connectivity index (χ3v) is 4.74. The van der Waals surface area contributed by atoms with E-state index in [9.17, 15) is 4.79 Å². The molecule has 2 aliphatic heterocycles. The topological polar surface area (TPSA) is 36.4 Å². The van der Waals surface area contributed by atoms with E-state index in [1.165, 1.54) is 24.8 Å². The molecular formula is C16H23N3O. The fourth-order valence-electron chi connectivity index (χ4n) is 3.26. The Hall–Kier alpha value is -1.42. The largest absolute Gasteiger partial charge is 0.341 e. The van der Waals surface area contributed by atoms with Gasteiger partial charge in [-0.1, -0.05) is 6.42 Å². The van der Waals surface area contributed by atoms with Gasteiger partial charge in [-0.15, -0.1) is 0 Å². The normalized spacial score (nSPS) is 24.4. The third-order valence-electron chi connectivity index (χ3n) is 4.74. The average molecular weight is 273 g/mol. The first-order valence-corrected chi connectivity index (χ1v) is 7.62. The molecule has 1 atom stereocenters. The van der Waals surface area contributed by atoms with Gasteiger partial charge >= 0.3 is 0 Å². The molecule has 1 unspecified atom stereocenters. The first kappa shape index (κ1) is 13.6. The van der Waals surface area contributed by atoms with Gasteiger partial charge in [0.15, 0.2) is 0 Å². The van der Waals surface area contributed by atoms with E-state index in [-0.39, 0.29) is 0 Å². The van der Waals surface area contributed by atoms with Gasteiger partial charge < -0.3 is 9.80 Å². The van der Waals surface area contributed by atoms with Crippen LogP contribution in [0, 0.1) is 0 Å². The number of carbonyl (C=O) groups excluding carboxylic acids is 1. The summed E-state index contributed by atoms with van der Waals surface area (Å²) in [4.78, 5) is 20.7. The number of rotatable bonds is 3. The Bertz CT molecular complexity index is 456. The predicted molar refractivity (Wildman–Crippen MR) is 78.4 cm³/mol. The van der Waals surface area contributed by atoms with Crippen molar-refractivity contribution in [3.8, 4) is 0 Å². The summed E-state index contributed by atoms with van der Waals surface area (Å²) in [5.41, 5.74) is 1.30. The van der Waals surface area contributed by atoms with Crippen LogP contribution >= 0.6 is 0 Å². The highest BCUT2D eigenvalue weighted by Gasteiger charge is 2.33. The van der Waals surface area contributed by atoms with Crippen LogP contribution in [0.2, 0.25) is 0 Å². The molecule has 1 amide bonds. The number of amides is 1. The molecule has 2 aliphatic rings. The Morgan fingerprint density at radius 2 is 2.05 bits per heavy atom. The summed E-state index contributed by atoms with van der Waals surface area (Å²) in [6.07, 6.45) is 8.06.